The normalized spacial score (nSPS) is 26.1. The third-order valence-corrected chi connectivity index (χ3v) is 3.33. The van der Waals surface area contributed by atoms with Crippen LogP contribution in [0.1, 0.15) is 39.5 Å². The summed E-state index contributed by atoms with van der Waals surface area (Å²) in [7, 11) is 0. The summed E-state index contributed by atoms with van der Waals surface area (Å²) in [5.74, 6) is -0.734. The smallest absolute Gasteiger partial charge is 0.375 e. The van der Waals surface area contributed by atoms with Crippen LogP contribution in [0.3, 0.4) is 0 Å². The van der Waals surface area contributed by atoms with Crippen molar-refractivity contribution >= 4 is 11.9 Å². The molecule has 0 saturated heterocycles. The Kier molecular flexibility index (Phi) is 2.99. The molecule has 4 nitrogen and oxygen atoms in total. The molecule has 88 valence electrons. The Balaban J connectivity index is 2.03. The van der Waals surface area contributed by atoms with Crippen molar-refractivity contribution in [2.45, 2.75) is 45.6 Å². The minimum atomic E-state index is -0.517. The number of cyclic esters (lactones) is 1. The lowest BCUT2D eigenvalue weighted by Gasteiger charge is -2.08. The van der Waals surface area contributed by atoms with Crippen molar-refractivity contribution in [3.8, 4) is 0 Å². The van der Waals surface area contributed by atoms with E-state index in [4.69, 9.17) is 9.47 Å². The lowest BCUT2D eigenvalue weighted by atomic mass is 10.1. The Morgan fingerprint density at radius 1 is 1.38 bits per heavy atom. The molecule has 0 radical (unpaired) electrons. The Hall–Kier alpha value is -1.32. The van der Waals surface area contributed by atoms with Gasteiger partial charge in [-0.25, -0.2) is 4.79 Å². The lowest BCUT2D eigenvalue weighted by molar-refractivity contribution is -0.152. The molecule has 16 heavy (non-hydrogen) atoms. The van der Waals surface area contributed by atoms with Gasteiger partial charge in [-0.15, -0.1) is 0 Å². The molecule has 1 saturated carbocycles. The Bertz CT molecular complexity index is 350. The van der Waals surface area contributed by atoms with E-state index in [1.54, 1.807) is 13.8 Å². The summed E-state index contributed by atoms with van der Waals surface area (Å²) in [4.78, 5) is 23.1. The molecule has 0 N–H and O–H groups in total. The zero-order valence-electron chi connectivity index (χ0n) is 9.62. The number of ether oxygens (including phenoxy) is 2. The van der Waals surface area contributed by atoms with Gasteiger partial charge in [0, 0.05) is 5.57 Å². The summed E-state index contributed by atoms with van der Waals surface area (Å²) in [5, 5.41) is 0. The number of hydrogen-bond donors (Lipinski definition) is 0. The summed E-state index contributed by atoms with van der Waals surface area (Å²) in [6.45, 7) is 3.52. The van der Waals surface area contributed by atoms with Crippen molar-refractivity contribution in [3.05, 3.63) is 11.3 Å². The first-order valence-electron chi connectivity index (χ1n) is 5.73. The predicted octanol–water partition coefficient (Wildman–Crippen LogP) is 1.94. The van der Waals surface area contributed by atoms with Crippen molar-refractivity contribution in [3.63, 3.8) is 0 Å². The van der Waals surface area contributed by atoms with Crippen LogP contribution in [0.4, 0.5) is 0 Å². The minimum absolute atomic E-state index is 0.0380. The molecule has 2 rings (SSSR count). The second-order valence-corrected chi connectivity index (χ2v) is 4.46. The molecule has 0 amide bonds. The van der Waals surface area contributed by atoms with Crippen LogP contribution in [0.15, 0.2) is 11.3 Å². The molecule has 2 aliphatic rings. The van der Waals surface area contributed by atoms with E-state index in [-0.39, 0.29) is 23.8 Å². The van der Waals surface area contributed by atoms with E-state index in [0.29, 0.717) is 5.57 Å². The highest BCUT2D eigenvalue weighted by Gasteiger charge is 2.34. The molecule has 0 aromatic heterocycles. The highest BCUT2D eigenvalue weighted by atomic mass is 16.6. The summed E-state index contributed by atoms with van der Waals surface area (Å²) in [5.41, 5.74) is 0.705. The summed E-state index contributed by atoms with van der Waals surface area (Å²) in [6, 6.07) is 0. The van der Waals surface area contributed by atoms with Crippen LogP contribution in [0.2, 0.25) is 0 Å². The number of esters is 2. The quantitative estimate of drug-likeness (QED) is 0.672. The number of hydrogen-bond acceptors (Lipinski definition) is 4. The average Bonchev–Trinajstić information content (AvgIpc) is 2.83. The van der Waals surface area contributed by atoms with E-state index in [0.717, 1.165) is 25.7 Å². The van der Waals surface area contributed by atoms with Crippen molar-refractivity contribution in [2.75, 3.05) is 0 Å². The van der Waals surface area contributed by atoms with Gasteiger partial charge in [0.05, 0.1) is 5.92 Å². The van der Waals surface area contributed by atoms with E-state index in [9.17, 15) is 9.59 Å². The topological polar surface area (TPSA) is 52.6 Å². The molecule has 0 spiro atoms. The monoisotopic (exact) mass is 224 g/mol. The molecule has 0 bridgehead atoms. The van der Waals surface area contributed by atoms with Crippen LogP contribution in [0.5, 0.6) is 0 Å². The Morgan fingerprint density at radius 3 is 2.50 bits per heavy atom. The number of rotatable bonds is 2. The van der Waals surface area contributed by atoms with E-state index in [2.05, 4.69) is 0 Å². The van der Waals surface area contributed by atoms with Crippen LogP contribution < -0.4 is 0 Å². The maximum absolute atomic E-state index is 11.7. The van der Waals surface area contributed by atoms with Gasteiger partial charge in [0.15, 0.2) is 0 Å². The summed E-state index contributed by atoms with van der Waals surface area (Å²) in [6.07, 6.45) is 3.60. The molecule has 1 heterocycles. The minimum Gasteiger partial charge on any atom is -0.452 e. The zero-order chi connectivity index (χ0) is 11.7. The maximum atomic E-state index is 11.7. The van der Waals surface area contributed by atoms with E-state index < -0.39 is 5.97 Å². The van der Waals surface area contributed by atoms with Gasteiger partial charge in [-0.3, -0.25) is 4.79 Å². The fraction of sp³-hybridized carbons (Fsp3) is 0.667. The second kappa shape index (κ2) is 4.28. The highest BCUT2D eigenvalue weighted by molar-refractivity contribution is 5.93. The van der Waals surface area contributed by atoms with Crippen LogP contribution in [0.25, 0.3) is 0 Å². The third-order valence-electron chi connectivity index (χ3n) is 3.33. The molecule has 0 aromatic carbocycles. The fourth-order valence-electron chi connectivity index (χ4n) is 2.12. The standard InChI is InChI=1S/C12H16O4/c1-7-8(2)15-12(14)10(7)16-11(13)9-5-3-4-6-9/h8-9H,3-6H2,1-2H3. The lowest BCUT2D eigenvalue weighted by Crippen LogP contribution is -2.17. The summed E-state index contributed by atoms with van der Waals surface area (Å²) >= 11 is 0. The summed E-state index contributed by atoms with van der Waals surface area (Å²) < 4.78 is 10.1. The molecule has 1 atom stereocenters. The molecule has 1 unspecified atom stereocenters. The molecule has 4 heteroatoms. The molecular weight excluding hydrogens is 208 g/mol. The molecule has 1 fully saturated rings. The van der Waals surface area contributed by atoms with Crippen molar-refractivity contribution in [1.82, 2.24) is 0 Å². The van der Waals surface area contributed by atoms with Gasteiger partial charge in [-0.2, -0.15) is 0 Å². The van der Waals surface area contributed by atoms with Crippen molar-refractivity contribution < 1.29 is 19.1 Å². The molecular formula is C12H16O4. The van der Waals surface area contributed by atoms with Gasteiger partial charge >= 0.3 is 11.9 Å². The molecule has 0 aromatic rings. The van der Waals surface area contributed by atoms with Gasteiger partial charge < -0.3 is 9.47 Å². The van der Waals surface area contributed by atoms with Crippen LogP contribution in [0, 0.1) is 5.92 Å². The predicted molar refractivity (Wildman–Crippen MR) is 56.3 cm³/mol. The van der Waals surface area contributed by atoms with E-state index >= 15 is 0 Å². The SMILES string of the molecule is CC1=C(OC(=O)C2CCCC2)C(=O)OC1C. The molecule has 1 aliphatic carbocycles. The van der Waals surface area contributed by atoms with Gasteiger partial charge in [0.25, 0.3) is 0 Å². The first-order valence-corrected chi connectivity index (χ1v) is 5.73. The van der Waals surface area contributed by atoms with Gasteiger partial charge in [0.1, 0.15) is 6.10 Å². The van der Waals surface area contributed by atoms with Gasteiger partial charge in [-0.1, -0.05) is 12.8 Å². The Morgan fingerprint density at radius 2 is 2.00 bits per heavy atom. The van der Waals surface area contributed by atoms with Crippen molar-refractivity contribution in [1.29, 1.82) is 0 Å². The maximum Gasteiger partial charge on any atom is 0.375 e. The first-order chi connectivity index (χ1) is 7.59. The second-order valence-electron chi connectivity index (χ2n) is 4.46. The van der Waals surface area contributed by atoms with Gasteiger partial charge in [0.2, 0.25) is 5.76 Å². The van der Waals surface area contributed by atoms with E-state index in [1.165, 1.54) is 0 Å². The number of carbonyl (C=O) groups excluding carboxylic acids is 2. The zero-order valence-corrected chi connectivity index (χ0v) is 9.62. The third kappa shape index (κ3) is 1.96. The highest BCUT2D eigenvalue weighted by Crippen LogP contribution is 2.29. The van der Waals surface area contributed by atoms with Crippen molar-refractivity contribution in [2.24, 2.45) is 5.92 Å². The first kappa shape index (κ1) is 11.2. The Labute approximate surface area is 94.6 Å². The van der Waals surface area contributed by atoms with Crippen LogP contribution in [-0.4, -0.2) is 18.0 Å². The van der Waals surface area contributed by atoms with Crippen LogP contribution >= 0.6 is 0 Å². The van der Waals surface area contributed by atoms with Crippen LogP contribution in [-0.2, 0) is 19.1 Å². The largest absolute Gasteiger partial charge is 0.452 e. The van der Waals surface area contributed by atoms with E-state index in [1.807, 2.05) is 0 Å². The number of carbonyl (C=O) groups is 2. The average molecular weight is 224 g/mol. The fourth-order valence-corrected chi connectivity index (χ4v) is 2.12. The van der Waals surface area contributed by atoms with Gasteiger partial charge in [-0.05, 0) is 26.7 Å². The molecule has 1 aliphatic heterocycles.